The zero-order valence-corrected chi connectivity index (χ0v) is 17.7. The predicted octanol–water partition coefficient (Wildman–Crippen LogP) is 2.59. The first-order valence-corrected chi connectivity index (χ1v) is 10.4. The molecule has 1 aliphatic carbocycles. The Balaban J connectivity index is 1.84. The van der Waals surface area contributed by atoms with Gasteiger partial charge in [0, 0.05) is 29.9 Å². The first-order chi connectivity index (χ1) is 15.5. The van der Waals surface area contributed by atoms with Crippen molar-refractivity contribution in [3.63, 3.8) is 0 Å². The quantitative estimate of drug-likeness (QED) is 0.611. The number of benzene rings is 1. The number of hydrogen-bond donors (Lipinski definition) is 1. The third-order valence-electron chi connectivity index (χ3n) is 5.57. The fourth-order valence-corrected chi connectivity index (χ4v) is 3.98. The molecule has 0 bridgehead atoms. The highest BCUT2D eigenvalue weighted by atomic mass is 16.5. The maximum atomic E-state index is 13.5. The van der Waals surface area contributed by atoms with Gasteiger partial charge in [0.15, 0.2) is 5.78 Å². The second kappa shape index (κ2) is 9.23. The van der Waals surface area contributed by atoms with Crippen LogP contribution in [0.5, 0.6) is 5.75 Å². The molecule has 166 valence electrons. The van der Waals surface area contributed by atoms with Crippen LogP contribution in [0.25, 0.3) is 5.69 Å². The molecule has 0 saturated carbocycles. The number of aliphatic hydroxyl groups excluding tert-OH is 1. The molecule has 2 aromatic heterocycles. The lowest BCUT2D eigenvalue weighted by atomic mass is 9.92. The van der Waals surface area contributed by atoms with E-state index in [0.717, 1.165) is 0 Å². The van der Waals surface area contributed by atoms with Crippen molar-refractivity contribution >= 4 is 11.7 Å². The topological polar surface area (TPSA) is 102 Å². The summed E-state index contributed by atoms with van der Waals surface area (Å²) in [4.78, 5) is 41.0. The van der Waals surface area contributed by atoms with Crippen molar-refractivity contribution in [3.8, 4) is 11.4 Å². The molecule has 1 N–H and O–H groups in total. The van der Waals surface area contributed by atoms with Crippen molar-refractivity contribution in [2.45, 2.75) is 25.8 Å². The molecular weight excluding hydrogens is 412 g/mol. The highest BCUT2D eigenvalue weighted by Gasteiger charge is 2.28. The summed E-state index contributed by atoms with van der Waals surface area (Å²) in [7, 11) is 1.55. The molecule has 0 unspecified atom stereocenters. The molecule has 0 spiro atoms. The number of methoxy groups -OCH3 is 1. The Morgan fingerprint density at radius 1 is 1.19 bits per heavy atom. The van der Waals surface area contributed by atoms with E-state index in [1.807, 2.05) is 0 Å². The lowest BCUT2D eigenvalue weighted by Crippen LogP contribution is -2.39. The molecule has 0 atom stereocenters. The number of ketones is 1. The Labute approximate surface area is 184 Å². The Kier molecular flexibility index (Phi) is 6.23. The summed E-state index contributed by atoms with van der Waals surface area (Å²) in [5.74, 6) is 0.494. The number of ether oxygens (including phenoxy) is 1. The average molecular weight is 436 g/mol. The summed E-state index contributed by atoms with van der Waals surface area (Å²) in [6.07, 6.45) is 3.06. The predicted molar refractivity (Wildman–Crippen MR) is 116 cm³/mol. The van der Waals surface area contributed by atoms with Gasteiger partial charge in [-0.25, -0.2) is 0 Å². The third kappa shape index (κ3) is 4.09. The molecule has 1 aromatic carbocycles. The number of carbonyl (C=O) groups excluding carboxylic acids is 2. The minimum Gasteiger partial charge on any atom is -0.497 e. The van der Waals surface area contributed by atoms with Crippen LogP contribution in [0.4, 0.5) is 0 Å². The molecule has 3 aromatic rings. The monoisotopic (exact) mass is 436 g/mol. The van der Waals surface area contributed by atoms with Crippen LogP contribution in [-0.2, 0) is 13.0 Å². The Hall–Kier alpha value is -3.65. The first kappa shape index (κ1) is 21.6. The van der Waals surface area contributed by atoms with Crippen LogP contribution in [0.1, 0.15) is 45.0 Å². The van der Waals surface area contributed by atoms with Crippen molar-refractivity contribution in [3.05, 3.63) is 81.7 Å². The van der Waals surface area contributed by atoms with Gasteiger partial charge in [0.2, 0.25) is 0 Å². The zero-order valence-electron chi connectivity index (χ0n) is 17.7. The minimum atomic E-state index is -0.566. The third-order valence-corrected chi connectivity index (χ3v) is 5.57. The Morgan fingerprint density at radius 3 is 2.62 bits per heavy atom. The van der Waals surface area contributed by atoms with Crippen LogP contribution in [0, 0.1) is 0 Å². The van der Waals surface area contributed by atoms with Gasteiger partial charge in [-0.1, -0.05) is 0 Å². The van der Waals surface area contributed by atoms with Crippen molar-refractivity contribution in [1.29, 1.82) is 0 Å². The number of fused-ring (bicyclic) bond motifs is 1. The van der Waals surface area contributed by atoms with Crippen LogP contribution < -0.4 is 10.3 Å². The van der Waals surface area contributed by atoms with Gasteiger partial charge in [-0.05, 0) is 55.3 Å². The minimum absolute atomic E-state index is 0.0204. The SMILES string of the molecule is COc1ccc(-n2c3c(cc(C(=O)N(CCO)Cc4ccco4)c2=O)C(=O)CCC3)cc1. The summed E-state index contributed by atoms with van der Waals surface area (Å²) in [5.41, 5.74) is 0.923. The number of nitrogens with zero attached hydrogens (tertiary/aromatic N) is 2. The number of pyridine rings is 1. The molecule has 0 radical (unpaired) electrons. The maximum absolute atomic E-state index is 13.5. The second-order valence-corrected chi connectivity index (χ2v) is 7.56. The number of Topliss-reactive ketones (excluding diaryl/α,β-unsaturated/α-hetero) is 1. The van der Waals surface area contributed by atoms with E-state index in [2.05, 4.69) is 0 Å². The van der Waals surface area contributed by atoms with E-state index in [1.54, 1.807) is 43.5 Å². The lowest BCUT2D eigenvalue weighted by molar-refractivity contribution is 0.0692. The second-order valence-electron chi connectivity index (χ2n) is 7.56. The average Bonchev–Trinajstić information content (AvgIpc) is 3.32. The van der Waals surface area contributed by atoms with Gasteiger partial charge >= 0.3 is 0 Å². The highest BCUT2D eigenvalue weighted by Crippen LogP contribution is 2.25. The van der Waals surface area contributed by atoms with Gasteiger partial charge in [-0.15, -0.1) is 0 Å². The molecule has 4 rings (SSSR count). The molecule has 8 heteroatoms. The van der Waals surface area contributed by atoms with Crippen molar-refractivity contribution in [2.75, 3.05) is 20.3 Å². The smallest absolute Gasteiger partial charge is 0.268 e. The molecule has 0 fully saturated rings. The van der Waals surface area contributed by atoms with E-state index < -0.39 is 11.5 Å². The van der Waals surface area contributed by atoms with Gasteiger partial charge in [0.1, 0.15) is 17.1 Å². The summed E-state index contributed by atoms with van der Waals surface area (Å²) in [6.45, 7) is -0.158. The fraction of sp³-hybridized carbons (Fsp3) is 0.292. The summed E-state index contributed by atoms with van der Waals surface area (Å²) in [5, 5.41) is 9.47. The van der Waals surface area contributed by atoms with Crippen molar-refractivity contribution in [2.24, 2.45) is 0 Å². The van der Waals surface area contributed by atoms with Gasteiger partial charge in [0.25, 0.3) is 11.5 Å². The molecule has 32 heavy (non-hydrogen) atoms. The zero-order chi connectivity index (χ0) is 22.7. The normalized spacial score (nSPS) is 13.0. The molecule has 0 saturated heterocycles. The number of carbonyl (C=O) groups is 2. The standard InChI is InChI=1S/C24H24N2O6/c1-31-17-9-7-16(8-10-17)26-21-5-2-6-22(28)19(21)14-20(24(26)30)23(29)25(11-12-27)15-18-4-3-13-32-18/h3-4,7-10,13-14,27H,2,5-6,11-12,15H2,1H3. The van der Waals surface area contributed by atoms with Gasteiger partial charge in [-0.2, -0.15) is 0 Å². The number of rotatable bonds is 7. The maximum Gasteiger partial charge on any atom is 0.268 e. The molecular formula is C24H24N2O6. The number of hydrogen-bond acceptors (Lipinski definition) is 6. The van der Waals surface area contributed by atoms with Crippen LogP contribution in [-0.4, -0.2) is 46.5 Å². The van der Waals surface area contributed by atoms with E-state index in [-0.39, 0.29) is 31.0 Å². The molecule has 1 amide bonds. The van der Waals surface area contributed by atoms with Gasteiger partial charge in [0.05, 0.1) is 26.5 Å². The largest absolute Gasteiger partial charge is 0.497 e. The van der Waals surface area contributed by atoms with E-state index >= 15 is 0 Å². The van der Waals surface area contributed by atoms with Crippen LogP contribution in [0.15, 0.2) is 57.9 Å². The van der Waals surface area contributed by atoms with Gasteiger partial charge < -0.3 is 19.2 Å². The molecule has 0 aliphatic heterocycles. The lowest BCUT2D eigenvalue weighted by Gasteiger charge is -2.24. The van der Waals surface area contributed by atoms with E-state index in [1.165, 1.54) is 21.8 Å². The van der Waals surface area contributed by atoms with Crippen molar-refractivity contribution < 1.29 is 23.8 Å². The molecule has 2 heterocycles. The summed E-state index contributed by atoms with van der Waals surface area (Å²) in [6, 6.07) is 11.7. The fourth-order valence-electron chi connectivity index (χ4n) is 3.98. The Bertz CT molecular complexity index is 1180. The highest BCUT2D eigenvalue weighted by molar-refractivity contribution is 6.02. The number of amides is 1. The van der Waals surface area contributed by atoms with E-state index in [4.69, 9.17) is 9.15 Å². The van der Waals surface area contributed by atoms with Crippen molar-refractivity contribution in [1.82, 2.24) is 9.47 Å². The van der Waals surface area contributed by atoms with E-state index in [0.29, 0.717) is 47.7 Å². The Morgan fingerprint density at radius 2 is 1.97 bits per heavy atom. The van der Waals surface area contributed by atoms with E-state index in [9.17, 15) is 19.5 Å². The first-order valence-electron chi connectivity index (χ1n) is 10.4. The number of aromatic nitrogens is 1. The summed E-state index contributed by atoms with van der Waals surface area (Å²) < 4.78 is 12.0. The van der Waals surface area contributed by atoms with Crippen LogP contribution in [0.3, 0.4) is 0 Å². The number of furan rings is 1. The van der Waals surface area contributed by atoms with Crippen LogP contribution in [0.2, 0.25) is 0 Å². The summed E-state index contributed by atoms with van der Waals surface area (Å²) >= 11 is 0. The number of aliphatic hydroxyl groups is 1. The van der Waals surface area contributed by atoms with Crippen LogP contribution >= 0.6 is 0 Å². The molecule has 1 aliphatic rings. The van der Waals surface area contributed by atoms with Gasteiger partial charge in [-0.3, -0.25) is 19.0 Å². The molecule has 8 nitrogen and oxygen atoms in total.